The van der Waals surface area contributed by atoms with Crippen LogP contribution in [0.15, 0.2) is 57.2 Å². The van der Waals surface area contributed by atoms with Crippen LogP contribution >= 0.6 is 0 Å². The molecular formula is C12H8F2O5S2. The third-order valence-corrected chi connectivity index (χ3v) is 5.23. The van der Waals surface area contributed by atoms with Gasteiger partial charge in [0.1, 0.15) is 16.5 Å². The lowest BCUT2D eigenvalue weighted by molar-refractivity contribution is 0.483. The molecule has 2 aromatic rings. The molecule has 0 bridgehead atoms. The lowest BCUT2D eigenvalue weighted by atomic mass is 10.3. The Morgan fingerprint density at radius 2 is 1.48 bits per heavy atom. The van der Waals surface area contributed by atoms with Gasteiger partial charge >= 0.3 is 0 Å². The molecule has 0 radical (unpaired) electrons. The third kappa shape index (κ3) is 3.09. The van der Waals surface area contributed by atoms with Gasteiger partial charge in [-0.1, -0.05) is 6.07 Å². The van der Waals surface area contributed by atoms with Gasteiger partial charge in [0.25, 0.3) is 10.1 Å². The molecule has 0 atom stereocenters. The minimum atomic E-state index is -4.60. The molecule has 2 rings (SSSR count). The van der Waals surface area contributed by atoms with Gasteiger partial charge in [0.15, 0.2) is 0 Å². The molecule has 21 heavy (non-hydrogen) atoms. The molecule has 2 aromatic carbocycles. The number of benzene rings is 2. The van der Waals surface area contributed by atoms with Crippen molar-refractivity contribution in [2.75, 3.05) is 0 Å². The molecule has 9 heteroatoms. The zero-order valence-electron chi connectivity index (χ0n) is 10.2. The molecular weight excluding hydrogens is 326 g/mol. The Bertz CT molecular complexity index is 905. The van der Waals surface area contributed by atoms with Crippen molar-refractivity contribution in [3.05, 3.63) is 54.1 Å². The van der Waals surface area contributed by atoms with Crippen LogP contribution in [0.4, 0.5) is 8.78 Å². The average molecular weight is 334 g/mol. The van der Waals surface area contributed by atoms with Crippen molar-refractivity contribution in [3.8, 4) is 0 Å². The van der Waals surface area contributed by atoms with Crippen LogP contribution in [-0.2, 0) is 20.0 Å². The van der Waals surface area contributed by atoms with E-state index in [1.165, 1.54) is 0 Å². The van der Waals surface area contributed by atoms with Gasteiger partial charge in [-0.25, -0.2) is 17.2 Å². The summed E-state index contributed by atoms with van der Waals surface area (Å²) in [7, 11) is -8.99. The summed E-state index contributed by atoms with van der Waals surface area (Å²) in [5.74, 6) is -2.25. The molecule has 0 amide bonds. The molecule has 0 heterocycles. The van der Waals surface area contributed by atoms with Crippen molar-refractivity contribution in [3.63, 3.8) is 0 Å². The highest BCUT2D eigenvalue weighted by Crippen LogP contribution is 2.25. The van der Waals surface area contributed by atoms with E-state index in [-0.39, 0.29) is 0 Å². The molecule has 5 nitrogen and oxygen atoms in total. The van der Waals surface area contributed by atoms with Crippen LogP contribution in [0.5, 0.6) is 0 Å². The van der Waals surface area contributed by atoms with Crippen molar-refractivity contribution in [1.82, 2.24) is 0 Å². The zero-order valence-corrected chi connectivity index (χ0v) is 11.8. The second-order valence-corrected chi connectivity index (χ2v) is 7.37. The number of rotatable bonds is 3. The summed E-state index contributed by atoms with van der Waals surface area (Å²) in [6.45, 7) is 0. The van der Waals surface area contributed by atoms with Crippen molar-refractivity contribution < 1.29 is 30.2 Å². The summed E-state index contributed by atoms with van der Waals surface area (Å²) in [6, 6.07) is 5.69. The van der Waals surface area contributed by atoms with E-state index in [1.807, 2.05) is 0 Å². The van der Waals surface area contributed by atoms with Crippen LogP contribution in [0, 0.1) is 11.6 Å². The van der Waals surface area contributed by atoms with Crippen LogP contribution in [0.3, 0.4) is 0 Å². The summed E-state index contributed by atoms with van der Waals surface area (Å²) in [5, 5.41) is 0. The molecule has 112 valence electrons. The van der Waals surface area contributed by atoms with Gasteiger partial charge in [-0.05, 0) is 30.3 Å². The maximum absolute atomic E-state index is 13.6. The smallest absolute Gasteiger partial charge is 0.282 e. The Hall–Kier alpha value is -1.84. The van der Waals surface area contributed by atoms with Gasteiger partial charge in [-0.2, -0.15) is 8.42 Å². The minimum Gasteiger partial charge on any atom is -0.282 e. The second kappa shape index (κ2) is 5.17. The fourth-order valence-corrected chi connectivity index (χ4v) is 3.58. The van der Waals surface area contributed by atoms with E-state index in [4.69, 9.17) is 4.55 Å². The fraction of sp³-hybridized carbons (Fsp3) is 0. The first kappa shape index (κ1) is 15.5. The van der Waals surface area contributed by atoms with Crippen LogP contribution in [-0.4, -0.2) is 21.4 Å². The average Bonchev–Trinajstić information content (AvgIpc) is 2.37. The molecule has 1 N–H and O–H groups in total. The molecule has 0 aliphatic carbocycles. The monoisotopic (exact) mass is 334 g/mol. The van der Waals surface area contributed by atoms with Gasteiger partial charge < -0.3 is 0 Å². The van der Waals surface area contributed by atoms with E-state index < -0.39 is 46.3 Å². The highest BCUT2D eigenvalue weighted by molar-refractivity contribution is 7.91. The zero-order chi connectivity index (χ0) is 15.8. The van der Waals surface area contributed by atoms with Gasteiger partial charge in [0, 0.05) is 6.07 Å². The molecule has 0 aliphatic rings. The first-order valence-corrected chi connectivity index (χ1v) is 8.32. The SMILES string of the molecule is O=S(=O)(O)c1cccc(S(=O)(=O)c2ccc(F)cc2F)c1. The Balaban J connectivity index is 2.65. The minimum absolute atomic E-state index is 0.402. The van der Waals surface area contributed by atoms with Crippen molar-refractivity contribution in [2.24, 2.45) is 0 Å². The normalized spacial score (nSPS) is 12.3. The van der Waals surface area contributed by atoms with E-state index in [0.29, 0.717) is 12.1 Å². The third-order valence-electron chi connectivity index (χ3n) is 2.60. The van der Waals surface area contributed by atoms with Gasteiger partial charge in [-0.3, -0.25) is 4.55 Å². The van der Waals surface area contributed by atoms with E-state index in [2.05, 4.69) is 0 Å². The first-order chi connectivity index (χ1) is 9.62. The fourth-order valence-electron chi connectivity index (χ4n) is 1.62. The van der Waals surface area contributed by atoms with Crippen LogP contribution in [0.2, 0.25) is 0 Å². The van der Waals surface area contributed by atoms with E-state index in [1.54, 1.807) is 0 Å². The van der Waals surface area contributed by atoms with E-state index in [0.717, 1.165) is 30.3 Å². The summed E-state index contributed by atoms with van der Waals surface area (Å²) in [5.41, 5.74) is 0. The molecule has 0 fully saturated rings. The summed E-state index contributed by atoms with van der Waals surface area (Å²) in [4.78, 5) is -1.98. The van der Waals surface area contributed by atoms with Crippen LogP contribution in [0.25, 0.3) is 0 Å². The van der Waals surface area contributed by atoms with E-state index in [9.17, 15) is 25.6 Å². The van der Waals surface area contributed by atoms with Crippen LogP contribution < -0.4 is 0 Å². The first-order valence-electron chi connectivity index (χ1n) is 5.40. The quantitative estimate of drug-likeness (QED) is 0.685. The standard InChI is InChI=1S/C12H8F2O5S2/c13-8-4-5-12(11(14)6-8)20(15,16)9-2-1-3-10(7-9)21(17,18)19/h1-7H,(H,17,18,19). The second-order valence-electron chi connectivity index (χ2n) is 4.03. The Kier molecular flexibility index (Phi) is 3.83. The largest absolute Gasteiger partial charge is 0.294 e. The van der Waals surface area contributed by atoms with Crippen molar-refractivity contribution in [1.29, 1.82) is 0 Å². The molecule has 0 aromatic heterocycles. The highest BCUT2D eigenvalue weighted by Gasteiger charge is 2.24. The predicted molar refractivity (Wildman–Crippen MR) is 68.1 cm³/mol. The lowest BCUT2D eigenvalue weighted by Gasteiger charge is -2.07. The highest BCUT2D eigenvalue weighted by atomic mass is 32.2. The maximum atomic E-state index is 13.6. The Morgan fingerprint density at radius 1 is 0.857 bits per heavy atom. The lowest BCUT2D eigenvalue weighted by Crippen LogP contribution is -2.07. The van der Waals surface area contributed by atoms with Crippen LogP contribution in [0.1, 0.15) is 0 Å². The Labute approximate surface area is 119 Å². The van der Waals surface area contributed by atoms with Gasteiger partial charge in [-0.15, -0.1) is 0 Å². The van der Waals surface area contributed by atoms with Crippen molar-refractivity contribution >= 4 is 20.0 Å². The maximum Gasteiger partial charge on any atom is 0.294 e. The molecule has 0 unspecified atom stereocenters. The molecule has 0 saturated carbocycles. The summed E-state index contributed by atoms with van der Waals surface area (Å²) >= 11 is 0. The molecule has 0 saturated heterocycles. The number of sulfone groups is 1. The molecule has 0 aliphatic heterocycles. The van der Waals surface area contributed by atoms with Gasteiger partial charge in [0.2, 0.25) is 9.84 Å². The topological polar surface area (TPSA) is 88.5 Å². The predicted octanol–water partition coefficient (Wildman–Crippen LogP) is 2.04. The van der Waals surface area contributed by atoms with E-state index >= 15 is 0 Å². The number of hydrogen-bond donors (Lipinski definition) is 1. The molecule has 0 spiro atoms. The number of halogens is 2. The van der Waals surface area contributed by atoms with Crippen molar-refractivity contribution in [2.45, 2.75) is 14.7 Å². The Morgan fingerprint density at radius 3 is 2.05 bits per heavy atom. The van der Waals surface area contributed by atoms with Gasteiger partial charge in [0.05, 0.1) is 9.79 Å². The summed E-state index contributed by atoms with van der Waals surface area (Å²) < 4.78 is 81.7. The summed E-state index contributed by atoms with van der Waals surface area (Å²) in [6.07, 6.45) is 0. The number of hydrogen-bond acceptors (Lipinski definition) is 4.